The third-order valence-corrected chi connectivity index (χ3v) is 1.79. The van der Waals surface area contributed by atoms with Crippen LogP contribution < -0.4 is 5.32 Å². The summed E-state index contributed by atoms with van der Waals surface area (Å²) < 4.78 is 0. The molecule has 1 aromatic heterocycles. The van der Waals surface area contributed by atoms with Crippen LogP contribution in [0.3, 0.4) is 0 Å². The Labute approximate surface area is 76.6 Å². The van der Waals surface area contributed by atoms with Crippen molar-refractivity contribution in [3.05, 3.63) is 30.1 Å². The van der Waals surface area contributed by atoms with Gasteiger partial charge in [-0.15, -0.1) is 0 Å². The highest BCUT2D eigenvalue weighted by molar-refractivity contribution is 5.73. The van der Waals surface area contributed by atoms with Crippen molar-refractivity contribution in [3.8, 4) is 0 Å². The molecule has 1 rings (SSSR count). The second kappa shape index (κ2) is 4.57. The number of carbonyl (C=O) groups is 1. The van der Waals surface area contributed by atoms with Crippen LogP contribution in [0.5, 0.6) is 0 Å². The number of carboxylic acid groups (broad SMARTS) is 1. The van der Waals surface area contributed by atoms with Crippen LogP contribution in [0.15, 0.2) is 24.4 Å². The Morgan fingerprint density at radius 3 is 2.92 bits per heavy atom. The molecule has 0 saturated carbocycles. The van der Waals surface area contributed by atoms with Crippen molar-refractivity contribution in [3.63, 3.8) is 0 Å². The maximum Gasteiger partial charge on any atom is 0.321 e. The number of hydrogen-bond donors (Lipinski definition) is 2. The minimum Gasteiger partial charge on any atom is -0.480 e. The third kappa shape index (κ3) is 2.83. The molecule has 1 heterocycles. The minimum absolute atomic E-state index is 0.409. The first-order valence-electron chi connectivity index (χ1n) is 4.04. The molecule has 13 heavy (non-hydrogen) atoms. The number of nitrogens with one attached hydrogen (secondary N) is 1. The van der Waals surface area contributed by atoms with Crippen molar-refractivity contribution in [2.24, 2.45) is 0 Å². The maximum absolute atomic E-state index is 10.6. The van der Waals surface area contributed by atoms with E-state index in [0.29, 0.717) is 6.42 Å². The predicted molar refractivity (Wildman–Crippen MR) is 48.4 cm³/mol. The summed E-state index contributed by atoms with van der Waals surface area (Å²) >= 11 is 0. The monoisotopic (exact) mass is 180 g/mol. The summed E-state index contributed by atoms with van der Waals surface area (Å²) in [7, 11) is 1.63. The lowest BCUT2D eigenvalue weighted by molar-refractivity contribution is -0.139. The molecule has 0 amide bonds. The van der Waals surface area contributed by atoms with Gasteiger partial charge in [0.15, 0.2) is 0 Å². The number of rotatable bonds is 4. The van der Waals surface area contributed by atoms with Crippen molar-refractivity contribution in [1.29, 1.82) is 0 Å². The van der Waals surface area contributed by atoms with Gasteiger partial charge in [-0.05, 0) is 19.2 Å². The van der Waals surface area contributed by atoms with Crippen LogP contribution >= 0.6 is 0 Å². The molecule has 0 aliphatic rings. The second-order valence-corrected chi connectivity index (χ2v) is 2.70. The van der Waals surface area contributed by atoms with Crippen molar-refractivity contribution in [2.45, 2.75) is 12.5 Å². The van der Waals surface area contributed by atoms with E-state index in [-0.39, 0.29) is 0 Å². The van der Waals surface area contributed by atoms with E-state index in [0.717, 1.165) is 5.69 Å². The van der Waals surface area contributed by atoms with Crippen LogP contribution in [0, 0.1) is 0 Å². The summed E-state index contributed by atoms with van der Waals surface area (Å²) in [6, 6.07) is 4.90. The summed E-state index contributed by atoms with van der Waals surface area (Å²) in [5, 5.41) is 11.5. The molecule has 0 aromatic carbocycles. The van der Waals surface area contributed by atoms with E-state index in [1.165, 1.54) is 0 Å². The van der Waals surface area contributed by atoms with Gasteiger partial charge in [0.2, 0.25) is 0 Å². The van der Waals surface area contributed by atoms with Gasteiger partial charge >= 0.3 is 5.97 Å². The van der Waals surface area contributed by atoms with Crippen molar-refractivity contribution in [1.82, 2.24) is 10.3 Å². The summed E-state index contributed by atoms with van der Waals surface area (Å²) in [5.74, 6) is -0.854. The molecule has 0 fully saturated rings. The Balaban J connectivity index is 2.62. The van der Waals surface area contributed by atoms with Crippen LogP contribution in [-0.2, 0) is 11.2 Å². The van der Waals surface area contributed by atoms with Gasteiger partial charge in [-0.2, -0.15) is 0 Å². The molecule has 1 aromatic rings. The number of nitrogens with zero attached hydrogens (tertiary/aromatic N) is 1. The summed E-state index contributed by atoms with van der Waals surface area (Å²) in [6.45, 7) is 0. The average Bonchev–Trinajstić information content (AvgIpc) is 2.15. The van der Waals surface area contributed by atoms with Crippen molar-refractivity contribution >= 4 is 5.97 Å². The van der Waals surface area contributed by atoms with Gasteiger partial charge < -0.3 is 10.4 Å². The molecule has 1 atom stereocenters. The molecule has 0 aliphatic carbocycles. The predicted octanol–water partition coefficient (Wildman–Crippen LogP) is 0.297. The van der Waals surface area contributed by atoms with Gasteiger partial charge in [-0.25, -0.2) is 0 Å². The molecule has 0 bridgehead atoms. The van der Waals surface area contributed by atoms with Gasteiger partial charge in [0, 0.05) is 18.3 Å². The Kier molecular flexibility index (Phi) is 3.40. The van der Waals surface area contributed by atoms with Gasteiger partial charge in [0.25, 0.3) is 0 Å². The molecule has 0 aliphatic heterocycles. The summed E-state index contributed by atoms with van der Waals surface area (Å²) in [4.78, 5) is 14.7. The second-order valence-electron chi connectivity index (χ2n) is 2.70. The smallest absolute Gasteiger partial charge is 0.321 e. The molecule has 0 saturated heterocycles. The largest absolute Gasteiger partial charge is 0.480 e. The summed E-state index contributed by atoms with van der Waals surface area (Å²) in [5.41, 5.74) is 0.782. The fourth-order valence-corrected chi connectivity index (χ4v) is 1.04. The molecular formula is C9H12N2O2. The van der Waals surface area contributed by atoms with E-state index >= 15 is 0 Å². The first-order chi connectivity index (χ1) is 6.24. The third-order valence-electron chi connectivity index (χ3n) is 1.79. The molecule has 70 valence electrons. The average molecular weight is 180 g/mol. The first-order valence-corrected chi connectivity index (χ1v) is 4.04. The Hall–Kier alpha value is -1.42. The van der Waals surface area contributed by atoms with Crippen LogP contribution in [0.4, 0.5) is 0 Å². The fraction of sp³-hybridized carbons (Fsp3) is 0.333. The summed E-state index contributed by atoms with van der Waals surface area (Å²) in [6.07, 6.45) is 2.07. The number of hydrogen-bond acceptors (Lipinski definition) is 3. The number of aliphatic carboxylic acids is 1. The zero-order chi connectivity index (χ0) is 9.68. The highest BCUT2D eigenvalue weighted by Crippen LogP contribution is 1.98. The van der Waals surface area contributed by atoms with Gasteiger partial charge in [-0.1, -0.05) is 6.07 Å². The quantitative estimate of drug-likeness (QED) is 0.699. The Bertz CT molecular complexity index is 274. The maximum atomic E-state index is 10.6. The topological polar surface area (TPSA) is 62.2 Å². The van der Waals surface area contributed by atoms with E-state index in [2.05, 4.69) is 10.3 Å². The van der Waals surface area contributed by atoms with E-state index in [1.54, 1.807) is 19.3 Å². The normalized spacial score (nSPS) is 12.4. The molecule has 0 radical (unpaired) electrons. The Morgan fingerprint density at radius 1 is 1.69 bits per heavy atom. The number of aromatic nitrogens is 1. The highest BCUT2D eigenvalue weighted by Gasteiger charge is 2.15. The molecule has 4 nitrogen and oxygen atoms in total. The SMILES string of the molecule is CN[C@H](Cc1ccccn1)C(=O)O. The van der Waals surface area contributed by atoms with Crippen molar-refractivity contribution < 1.29 is 9.90 Å². The molecular weight excluding hydrogens is 168 g/mol. The number of pyridine rings is 1. The minimum atomic E-state index is -0.854. The Morgan fingerprint density at radius 2 is 2.46 bits per heavy atom. The van der Waals surface area contributed by atoms with Crippen molar-refractivity contribution in [2.75, 3.05) is 7.05 Å². The van der Waals surface area contributed by atoms with E-state index in [1.807, 2.05) is 12.1 Å². The fourth-order valence-electron chi connectivity index (χ4n) is 1.04. The lowest BCUT2D eigenvalue weighted by atomic mass is 10.1. The van der Waals surface area contributed by atoms with Gasteiger partial charge in [0.1, 0.15) is 6.04 Å². The number of carboxylic acids is 1. The van der Waals surface area contributed by atoms with Crippen LogP contribution in [0.2, 0.25) is 0 Å². The van der Waals surface area contributed by atoms with Crippen LogP contribution in [-0.4, -0.2) is 29.1 Å². The highest BCUT2D eigenvalue weighted by atomic mass is 16.4. The van der Waals surface area contributed by atoms with Crippen LogP contribution in [0.1, 0.15) is 5.69 Å². The molecule has 0 spiro atoms. The van der Waals surface area contributed by atoms with Gasteiger partial charge in [-0.3, -0.25) is 9.78 Å². The lowest BCUT2D eigenvalue weighted by Crippen LogP contribution is -2.35. The van der Waals surface area contributed by atoms with Gasteiger partial charge in [0.05, 0.1) is 0 Å². The zero-order valence-electron chi connectivity index (χ0n) is 7.40. The standard InChI is InChI=1S/C9H12N2O2/c1-10-8(9(12)13)6-7-4-2-3-5-11-7/h2-5,8,10H,6H2,1H3,(H,12,13)/t8-/m1/s1. The van der Waals surface area contributed by atoms with E-state index in [9.17, 15) is 4.79 Å². The van der Waals surface area contributed by atoms with E-state index in [4.69, 9.17) is 5.11 Å². The molecule has 0 unspecified atom stereocenters. The van der Waals surface area contributed by atoms with E-state index < -0.39 is 12.0 Å². The molecule has 4 heteroatoms. The first kappa shape index (κ1) is 9.67. The van der Waals surface area contributed by atoms with Crippen LogP contribution in [0.25, 0.3) is 0 Å². The lowest BCUT2D eigenvalue weighted by Gasteiger charge is -2.09. The number of likely N-dealkylation sites (N-methyl/N-ethyl adjacent to an activating group) is 1. The zero-order valence-corrected chi connectivity index (χ0v) is 7.40. The molecule has 2 N–H and O–H groups in total.